The highest BCUT2D eigenvalue weighted by Gasteiger charge is 2.42. The fourth-order valence-electron chi connectivity index (χ4n) is 5.20. The van der Waals surface area contributed by atoms with Crippen LogP contribution in [-0.4, -0.2) is 31.1 Å². The number of rotatable bonds is 8. The van der Waals surface area contributed by atoms with Crippen molar-refractivity contribution in [3.63, 3.8) is 0 Å². The molecule has 8 heteroatoms. The molecule has 184 valence electrons. The molecule has 3 N–H and O–H groups in total. The normalized spacial score (nSPS) is 21.9. The highest BCUT2D eigenvalue weighted by atomic mass is 32.1. The number of hydrogen-bond acceptors (Lipinski definition) is 7. The number of hydrogen-bond donors (Lipinski definition) is 3. The van der Waals surface area contributed by atoms with Crippen molar-refractivity contribution in [2.75, 3.05) is 5.32 Å². The van der Waals surface area contributed by atoms with E-state index in [-0.39, 0.29) is 11.8 Å². The maximum absolute atomic E-state index is 11.6. The molecule has 0 unspecified atom stereocenters. The number of carboxylic acid groups (broad SMARTS) is 1. The van der Waals surface area contributed by atoms with Gasteiger partial charge in [0.1, 0.15) is 22.2 Å². The number of pyridine rings is 2. The van der Waals surface area contributed by atoms with Gasteiger partial charge in [0, 0.05) is 12.4 Å². The number of aryl methyl sites for hydroxylation is 1. The summed E-state index contributed by atoms with van der Waals surface area (Å²) in [6.07, 6.45) is 9.26. The lowest BCUT2D eigenvalue weighted by Gasteiger charge is -2.37. The van der Waals surface area contributed by atoms with Crippen LogP contribution in [0.3, 0.4) is 0 Å². The lowest BCUT2D eigenvalue weighted by Crippen LogP contribution is -2.37. The number of nitrogens with zero attached hydrogens (tertiary/aromatic N) is 3. The second-order valence-corrected chi connectivity index (χ2v) is 11.0. The number of carbonyl (C=O) groups is 1. The summed E-state index contributed by atoms with van der Waals surface area (Å²) in [4.78, 5) is 26.2. The number of aliphatic hydroxyl groups is 1. The maximum Gasteiger partial charge on any atom is 0.306 e. The zero-order valence-electron chi connectivity index (χ0n) is 20.2. The minimum atomic E-state index is -1.05. The molecular formula is C27H32N4O3S. The Morgan fingerprint density at radius 1 is 1.11 bits per heavy atom. The molecule has 5 rings (SSSR count). The van der Waals surface area contributed by atoms with Gasteiger partial charge in [-0.25, -0.2) is 15.0 Å². The third-order valence-electron chi connectivity index (χ3n) is 7.48. The van der Waals surface area contributed by atoms with E-state index in [9.17, 15) is 15.0 Å². The number of carboxylic acids is 1. The van der Waals surface area contributed by atoms with Gasteiger partial charge in [-0.1, -0.05) is 6.92 Å². The van der Waals surface area contributed by atoms with Crippen LogP contribution in [0.2, 0.25) is 0 Å². The van der Waals surface area contributed by atoms with Crippen molar-refractivity contribution in [2.45, 2.75) is 70.3 Å². The van der Waals surface area contributed by atoms with Gasteiger partial charge in [0.25, 0.3) is 0 Å². The van der Waals surface area contributed by atoms with E-state index in [2.05, 4.69) is 27.4 Å². The molecule has 3 heterocycles. The van der Waals surface area contributed by atoms with Crippen molar-refractivity contribution in [1.29, 1.82) is 0 Å². The zero-order chi connectivity index (χ0) is 24.6. The molecule has 0 aromatic carbocycles. The quantitative estimate of drug-likeness (QED) is 0.353. The van der Waals surface area contributed by atoms with E-state index in [1.54, 1.807) is 6.20 Å². The Morgan fingerprint density at radius 2 is 1.89 bits per heavy atom. The summed E-state index contributed by atoms with van der Waals surface area (Å²) in [7, 11) is 0. The summed E-state index contributed by atoms with van der Waals surface area (Å²) in [6, 6.07) is 8.21. The van der Waals surface area contributed by atoms with Crippen molar-refractivity contribution in [1.82, 2.24) is 15.0 Å². The van der Waals surface area contributed by atoms with Crippen molar-refractivity contribution in [3.05, 3.63) is 52.8 Å². The van der Waals surface area contributed by atoms with E-state index >= 15 is 0 Å². The minimum Gasteiger partial charge on any atom is -0.481 e. The topological polar surface area (TPSA) is 108 Å². The smallest absolute Gasteiger partial charge is 0.306 e. The molecule has 3 aromatic heterocycles. The first-order valence-corrected chi connectivity index (χ1v) is 13.3. The van der Waals surface area contributed by atoms with E-state index in [1.165, 1.54) is 29.7 Å². The van der Waals surface area contributed by atoms with Crippen LogP contribution in [0.25, 0.3) is 10.6 Å². The first-order chi connectivity index (χ1) is 16.9. The molecule has 0 amide bonds. The summed E-state index contributed by atoms with van der Waals surface area (Å²) >= 11 is 1.47. The largest absolute Gasteiger partial charge is 0.481 e. The Hall–Kier alpha value is -2.84. The van der Waals surface area contributed by atoms with Crippen LogP contribution in [0.15, 0.2) is 36.7 Å². The van der Waals surface area contributed by atoms with Gasteiger partial charge in [0.05, 0.1) is 16.5 Å². The van der Waals surface area contributed by atoms with Crippen LogP contribution in [0.5, 0.6) is 0 Å². The summed E-state index contributed by atoms with van der Waals surface area (Å²) in [6.45, 7) is 4.01. The Labute approximate surface area is 209 Å². The third kappa shape index (κ3) is 5.09. The van der Waals surface area contributed by atoms with Crippen LogP contribution in [-0.2, 0) is 10.4 Å². The maximum atomic E-state index is 11.6. The standard InChI is InChI=1S/C27H32N4O3S/c1-3-27(34,20-8-6-18(7-9-20)25(32)33)26-29-15-22(35-26)21-12-16(2)13-24(30-21)31-23-14-19(10-11-28-23)17-4-5-17/h10-15,17-18,20,34H,3-9H2,1-2H3,(H,32,33)(H,28,30,31)/t18?,20?,27-/m0/s1. The predicted molar refractivity (Wildman–Crippen MR) is 137 cm³/mol. The third-order valence-corrected chi connectivity index (χ3v) is 8.66. The summed E-state index contributed by atoms with van der Waals surface area (Å²) < 4.78 is 0. The predicted octanol–water partition coefficient (Wildman–Crippen LogP) is 6.02. The molecule has 3 aromatic rings. The Balaban J connectivity index is 1.36. The fourth-order valence-corrected chi connectivity index (χ4v) is 6.32. The van der Waals surface area contributed by atoms with Crippen molar-refractivity contribution in [2.24, 2.45) is 11.8 Å². The fraction of sp³-hybridized carbons (Fsp3) is 0.481. The number of aliphatic carboxylic acids is 1. The number of thiazole rings is 1. The lowest BCUT2D eigenvalue weighted by molar-refractivity contribution is -0.144. The summed E-state index contributed by atoms with van der Waals surface area (Å²) in [5, 5.41) is 25.0. The summed E-state index contributed by atoms with van der Waals surface area (Å²) in [5.74, 6) is 1.15. The molecule has 7 nitrogen and oxygen atoms in total. The first kappa shape index (κ1) is 23.9. The molecular weight excluding hydrogens is 460 g/mol. The lowest BCUT2D eigenvalue weighted by atomic mass is 9.72. The molecule has 2 aliphatic carbocycles. The molecule has 0 bridgehead atoms. The highest BCUT2D eigenvalue weighted by molar-refractivity contribution is 7.15. The van der Waals surface area contributed by atoms with Gasteiger partial charge in [-0.05, 0) is 99.1 Å². The highest BCUT2D eigenvalue weighted by Crippen LogP contribution is 2.45. The average molecular weight is 493 g/mol. The van der Waals surface area contributed by atoms with Crippen LogP contribution < -0.4 is 5.32 Å². The molecule has 0 radical (unpaired) electrons. The van der Waals surface area contributed by atoms with Gasteiger partial charge in [-0.2, -0.15) is 0 Å². The first-order valence-electron chi connectivity index (χ1n) is 12.5. The number of aromatic nitrogens is 3. The Bertz CT molecular complexity index is 1220. The van der Waals surface area contributed by atoms with Crippen molar-refractivity contribution < 1.29 is 15.0 Å². The second kappa shape index (κ2) is 9.66. The van der Waals surface area contributed by atoms with Crippen LogP contribution in [0.4, 0.5) is 11.6 Å². The van der Waals surface area contributed by atoms with E-state index in [1.807, 2.05) is 32.2 Å². The molecule has 2 fully saturated rings. The Kier molecular flexibility index (Phi) is 6.59. The number of nitrogens with one attached hydrogen (secondary N) is 1. The van der Waals surface area contributed by atoms with Gasteiger partial charge < -0.3 is 15.5 Å². The zero-order valence-corrected chi connectivity index (χ0v) is 21.0. The molecule has 1 atom stereocenters. The Morgan fingerprint density at radius 3 is 2.57 bits per heavy atom. The van der Waals surface area contributed by atoms with Crippen molar-refractivity contribution in [3.8, 4) is 10.6 Å². The SMILES string of the molecule is CC[C@@](O)(c1ncc(-c2cc(C)cc(Nc3cc(C4CC4)ccn3)n2)s1)C1CCC(C(=O)O)CC1. The van der Waals surface area contributed by atoms with E-state index in [4.69, 9.17) is 4.98 Å². The molecule has 0 spiro atoms. The van der Waals surface area contributed by atoms with Crippen LogP contribution >= 0.6 is 11.3 Å². The molecule has 0 aliphatic heterocycles. The molecule has 2 saturated carbocycles. The monoisotopic (exact) mass is 492 g/mol. The van der Waals surface area contributed by atoms with Gasteiger partial charge in [0.2, 0.25) is 0 Å². The number of anilines is 2. The summed E-state index contributed by atoms with van der Waals surface area (Å²) in [5.41, 5.74) is 2.15. The van der Waals surface area contributed by atoms with Gasteiger partial charge in [-0.3, -0.25) is 4.79 Å². The molecule has 35 heavy (non-hydrogen) atoms. The van der Waals surface area contributed by atoms with Crippen LogP contribution in [0, 0.1) is 18.8 Å². The van der Waals surface area contributed by atoms with E-state index in [0.717, 1.165) is 27.8 Å². The second-order valence-electron chi connectivity index (χ2n) is 9.98. The van der Waals surface area contributed by atoms with Gasteiger partial charge in [0.15, 0.2) is 0 Å². The minimum absolute atomic E-state index is 0.00890. The van der Waals surface area contributed by atoms with Gasteiger partial charge in [-0.15, -0.1) is 11.3 Å². The molecule has 2 aliphatic rings. The van der Waals surface area contributed by atoms with Crippen molar-refractivity contribution >= 4 is 28.9 Å². The molecule has 0 saturated heterocycles. The van der Waals surface area contributed by atoms with Gasteiger partial charge >= 0.3 is 5.97 Å². The average Bonchev–Trinajstić information content (AvgIpc) is 3.59. The van der Waals surface area contributed by atoms with Crippen LogP contribution in [0.1, 0.15) is 73.9 Å². The van der Waals surface area contributed by atoms with E-state index in [0.29, 0.717) is 43.0 Å². The van der Waals surface area contributed by atoms with E-state index < -0.39 is 11.6 Å².